The van der Waals surface area contributed by atoms with Crippen molar-refractivity contribution in [3.63, 3.8) is 0 Å². The molecule has 1 aliphatic heterocycles. The molecule has 1 N–H and O–H groups in total. The van der Waals surface area contributed by atoms with Gasteiger partial charge in [-0.05, 0) is 0 Å². The fourth-order valence-electron chi connectivity index (χ4n) is 2.27. The van der Waals surface area contributed by atoms with Gasteiger partial charge in [0.2, 0.25) is 16.3 Å². The first-order valence-corrected chi connectivity index (χ1v) is 6.73. The van der Waals surface area contributed by atoms with Gasteiger partial charge in [-0.25, -0.2) is 0 Å². The van der Waals surface area contributed by atoms with E-state index in [2.05, 4.69) is 14.5 Å². The van der Waals surface area contributed by atoms with E-state index in [-0.39, 0.29) is 5.79 Å². The summed E-state index contributed by atoms with van der Waals surface area (Å²) in [4.78, 5) is 0. The Kier molecular flexibility index (Phi) is 3.31. The predicted molar refractivity (Wildman–Crippen MR) is 57.4 cm³/mol. The third-order valence-electron chi connectivity index (χ3n) is 3.23. The molecular weight excluding hydrogens is 200 g/mol. The molecule has 2 rings (SSSR count). The SMILES string of the molecule is [AlH2][CH]1CCC2(CC1NP)OCCO2. The van der Waals surface area contributed by atoms with Crippen LogP contribution >= 0.6 is 9.39 Å². The van der Waals surface area contributed by atoms with E-state index in [9.17, 15) is 0 Å². The smallest absolute Gasteiger partial charge is 0.218 e. The maximum absolute atomic E-state index is 5.71. The third kappa shape index (κ3) is 2.10. The Bertz CT molecular complexity index is 187. The first kappa shape index (κ1) is 10.4. The minimum absolute atomic E-state index is 0.227. The highest BCUT2D eigenvalue weighted by atomic mass is 31.0. The van der Waals surface area contributed by atoms with Crippen LogP contribution in [0.4, 0.5) is 0 Å². The molecule has 0 radical (unpaired) electrons. The van der Waals surface area contributed by atoms with Gasteiger partial charge < -0.3 is 9.47 Å². The molecule has 0 aromatic heterocycles. The fourth-order valence-corrected chi connectivity index (χ4v) is 3.82. The monoisotopic (exact) mass is 217 g/mol. The Morgan fingerprint density at radius 1 is 1.38 bits per heavy atom. The van der Waals surface area contributed by atoms with E-state index in [4.69, 9.17) is 9.47 Å². The number of nitrogens with one attached hydrogen (secondary N) is 1. The van der Waals surface area contributed by atoms with Gasteiger partial charge >= 0.3 is 0 Å². The van der Waals surface area contributed by atoms with Gasteiger partial charge in [-0.2, -0.15) is 0 Å². The van der Waals surface area contributed by atoms with Crippen LogP contribution in [0.1, 0.15) is 19.3 Å². The highest BCUT2D eigenvalue weighted by molar-refractivity contribution is 7.13. The zero-order valence-electron chi connectivity index (χ0n) is 8.08. The van der Waals surface area contributed by atoms with E-state index < -0.39 is 0 Å². The molecule has 1 aliphatic carbocycles. The average Bonchev–Trinajstić information content (AvgIpc) is 2.59. The third-order valence-corrected chi connectivity index (χ3v) is 5.04. The molecule has 3 unspecified atom stereocenters. The summed E-state index contributed by atoms with van der Waals surface area (Å²) in [6, 6.07) is 0.573. The summed E-state index contributed by atoms with van der Waals surface area (Å²) in [6.45, 7) is 1.55. The highest BCUT2D eigenvalue weighted by Gasteiger charge is 2.43. The lowest BCUT2D eigenvalue weighted by Crippen LogP contribution is -2.44. The van der Waals surface area contributed by atoms with Crippen LogP contribution in [0.25, 0.3) is 0 Å². The largest absolute Gasteiger partial charge is 0.347 e. The Balaban J connectivity index is 2.01. The second-order valence-corrected chi connectivity index (χ2v) is 5.92. The van der Waals surface area contributed by atoms with Crippen LogP contribution in [0.15, 0.2) is 0 Å². The number of hydrogen-bond donors (Lipinski definition) is 1. The maximum atomic E-state index is 5.71. The van der Waals surface area contributed by atoms with Gasteiger partial charge in [-0.1, -0.05) is 20.6 Å². The van der Waals surface area contributed by atoms with Gasteiger partial charge in [0.1, 0.15) is 0 Å². The second-order valence-electron chi connectivity index (χ2n) is 4.10. The second kappa shape index (κ2) is 4.15. The van der Waals surface area contributed by atoms with Crippen molar-refractivity contribution in [3.05, 3.63) is 0 Å². The Morgan fingerprint density at radius 3 is 2.69 bits per heavy atom. The zero-order valence-corrected chi connectivity index (χ0v) is 11.2. The quantitative estimate of drug-likeness (QED) is 0.498. The minimum atomic E-state index is -0.227. The van der Waals surface area contributed by atoms with E-state index in [1.54, 1.807) is 0 Å². The van der Waals surface area contributed by atoms with Gasteiger partial charge in [-0.15, -0.1) is 0 Å². The lowest BCUT2D eigenvalue weighted by atomic mass is 9.90. The van der Waals surface area contributed by atoms with Crippen LogP contribution < -0.4 is 5.09 Å². The van der Waals surface area contributed by atoms with Gasteiger partial charge in [0, 0.05) is 18.9 Å². The molecule has 0 aromatic rings. The van der Waals surface area contributed by atoms with E-state index in [1.165, 1.54) is 22.7 Å². The Morgan fingerprint density at radius 2 is 2.08 bits per heavy atom. The molecule has 1 saturated heterocycles. The topological polar surface area (TPSA) is 30.5 Å². The molecule has 5 heteroatoms. The summed E-state index contributed by atoms with van der Waals surface area (Å²) in [5, 5.41) is 3.30. The normalized spacial score (nSPS) is 38.2. The summed E-state index contributed by atoms with van der Waals surface area (Å²) in [5.41, 5.74) is 0. The van der Waals surface area contributed by atoms with Crippen LogP contribution in [-0.2, 0) is 9.47 Å². The highest BCUT2D eigenvalue weighted by Crippen LogP contribution is 2.39. The van der Waals surface area contributed by atoms with Gasteiger partial charge in [-0.3, -0.25) is 5.09 Å². The standard InChI is InChI=1S/C8H15NO2P.Al.2H/c12-9-7-2-1-3-8(6-7)10-4-5-11-8;;;/h2,7,9H,1,3-6,12H2;;;. The molecule has 74 valence electrons. The van der Waals surface area contributed by atoms with Crippen molar-refractivity contribution >= 4 is 25.7 Å². The Hall–Kier alpha value is 0.842. The molecule has 0 amide bonds. The van der Waals surface area contributed by atoms with E-state index in [0.717, 1.165) is 30.8 Å². The van der Waals surface area contributed by atoms with Crippen molar-refractivity contribution in [1.82, 2.24) is 5.09 Å². The maximum Gasteiger partial charge on any atom is 0.218 e. The van der Waals surface area contributed by atoms with Crippen molar-refractivity contribution in [2.24, 2.45) is 0 Å². The molecule has 3 atom stereocenters. The minimum Gasteiger partial charge on any atom is -0.347 e. The zero-order chi connectivity index (χ0) is 9.31. The van der Waals surface area contributed by atoms with Gasteiger partial charge in [0.25, 0.3) is 0 Å². The number of ether oxygens (including phenoxy) is 2. The molecule has 3 nitrogen and oxygen atoms in total. The van der Waals surface area contributed by atoms with Crippen molar-refractivity contribution in [3.8, 4) is 0 Å². The summed E-state index contributed by atoms with van der Waals surface area (Å²) in [5.74, 6) is -0.227. The van der Waals surface area contributed by atoms with Crippen molar-refractivity contribution < 1.29 is 9.47 Å². The first-order chi connectivity index (χ1) is 6.26. The summed E-state index contributed by atoms with van der Waals surface area (Å²) >= 11 is 1.26. The van der Waals surface area contributed by atoms with Crippen LogP contribution in [0, 0.1) is 0 Å². The van der Waals surface area contributed by atoms with E-state index in [1.807, 2.05) is 0 Å². The summed E-state index contributed by atoms with van der Waals surface area (Å²) < 4.78 is 12.3. The fraction of sp³-hybridized carbons (Fsp3) is 1.00. The lowest BCUT2D eigenvalue weighted by Gasteiger charge is -2.39. The molecule has 2 fully saturated rings. The van der Waals surface area contributed by atoms with Gasteiger partial charge in [0.05, 0.1) is 13.2 Å². The van der Waals surface area contributed by atoms with Crippen LogP contribution in [0.5, 0.6) is 0 Å². The molecule has 2 aliphatic rings. The van der Waals surface area contributed by atoms with Crippen molar-refractivity contribution in [2.45, 2.75) is 35.9 Å². The average molecular weight is 217 g/mol. The summed E-state index contributed by atoms with van der Waals surface area (Å²) in [7, 11) is 2.62. The predicted octanol–water partition coefficient (Wildman–Crippen LogP) is 0.0833. The van der Waals surface area contributed by atoms with E-state index in [0.29, 0.717) is 6.04 Å². The number of rotatable bonds is 1. The molecule has 0 aromatic carbocycles. The molecule has 0 bridgehead atoms. The van der Waals surface area contributed by atoms with E-state index >= 15 is 0 Å². The van der Waals surface area contributed by atoms with Gasteiger partial charge in [0.15, 0.2) is 5.79 Å². The van der Waals surface area contributed by atoms with Crippen molar-refractivity contribution in [2.75, 3.05) is 13.2 Å². The van der Waals surface area contributed by atoms with Crippen LogP contribution in [0.2, 0.25) is 4.78 Å². The molecule has 13 heavy (non-hydrogen) atoms. The molecule has 1 heterocycles. The van der Waals surface area contributed by atoms with Crippen LogP contribution in [-0.4, -0.2) is 41.3 Å². The Labute approximate surface area is 89.6 Å². The van der Waals surface area contributed by atoms with Crippen LogP contribution in [0.3, 0.4) is 0 Å². The van der Waals surface area contributed by atoms with Crippen molar-refractivity contribution in [1.29, 1.82) is 0 Å². The first-order valence-electron chi connectivity index (χ1n) is 5.00. The molecular formula is C8H17AlNO2P. The molecule has 1 saturated carbocycles. The summed E-state index contributed by atoms with van der Waals surface area (Å²) in [6.07, 6.45) is 3.35. The number of hydrogen-bond acceptors (Lipinski definition) is 3. The lowest BCUT2D eigenvalue weighted by molar-refractivity contribution is -0.180. The molecule has 1 spiro atoms.